The Kier molecular flexibility index (Phi) is 6.64. The Balaban J connectivity index is 0.00000289. The second-order valence-electron chi connectivity index (χ2n) is 3.27. The van der Waals surface area contributed by atoms with Crippen LogP contribution in [0.1, 0.15) is 0 Å². The summed E-state index contributed by atoms with van der Waals surface area (Å²) in [4.78, 5) is 3.39. The van der Waals surface area contributed by atoms with Crippen LogP contribution in [0.4, 0.5) is 18.6 Å². The number of aromatic nitrogens is 1. The fourth-order valence-corrected chi connectivity index (χ4v) is 1.63. The molecule has 0 radical (unpaired) electrons. The minimum atomic E-state index is -5.25. The van der Waals surface area contributed by atoms with Crippen LogP contribution in [0.3, 0.4) is 0 Å². The number of hydrogen-bond donors (Lipinski definition) is 1. The first kappa shape index (κ1) is 18.2. The number of pyridine rings is 1. The van der Waals surface area contributed by atoms with Gasteiger partial charge < -0.3 is 17.7 Å². The van der Waals surface area contributed by atoms with Crippen molar-refractivity contribution in [1.82, 2.24) is 4.98 Å². The molecular weight excluding hydrogens is 299 g/mol. The number of sulfonamides is 1. The molecule has 0 aliphatic heterocycles. The minimum Gasteiger partial charge on any atom is -0.480 e. The summed E-state index contributed by atoms with van der Waals surface area (Å²) in [6.07, 6.45) is 1.41. The van der Waals surface area contributed by atoms with Crippen LogP contribution in [0.15, 0.2) is 12.3 Å². The molecule has 0 fully saturated rings. The van der Waals surface area contributed by atoms with E-state index in [-0.39, 0.29) is 63.0 Å². The number of methoxy groups -OCH3 is 1. The summed E-state index contributed by atoms with van der Waals surface area (Å²) >= 11 is 0. The first-order valence-corrected chi connectivity index (χ1v) is 6.24. The van der Waals surface area contributed by atoms with E-state index < -0.39 is 22.5 Å². The third kappa shape index (κ3) is 5.45. The van der Waals surface area contributed by atoms with E-state index in [0.717, 1.165) is 6.26 Å². The Morgan fingerprint density at radius 1 is 1.39 bits per heavy atom. The van der Waals surface area contributed by atoms with E-state index in [9.17, 15) is 21.4 Å². The third-order valence-electron chi connectivity index (χ3n) is 1.74. The van der Waals surface area contributed by atoms with Gasteiger partial charge in [0.05, 0.1) is 13.4 Å². The van der Waals surface area contributed by atoms with Gasteiger partial charge in [0, 0.05) is 6.20 Å². The van der Waals surface area contributed by atoms with Crippen molar-refractivity contribution in [3.8, 4) is 5.88 Å². The Bertz CT molecular complexity index is 523. The van der Waals surface area contributed by atoms with Gasteiger partial charge in [-0.05, 0) is 0 Å². The molecule has 0 saturated carbocycles. The molecule has 0 amide bonds. The van der Waals surface area contributed by atoms with Gasteiger partial charge in [0.2, 0.25) is 15.9 Å². The summed E-state index contributed by atoms with van der Waals surface area (Å²) in [5.74, 6) is -0.223. The molecule has 1 N–H and O–H groups in total. The predicted molar refractivity (Wildman–Crippen MR) is 58.0 cm³/mol. The van der Waals surface area contributed by atoms with Crippen molar-refractivity contribution in [3.63, 3.8) is 0 Å². The number of nitrogens with zero attached hydrogens (tertiary/aromatic N) is 1. The summed E-state index contributed by atoms with van der Waals surface area (Å²) in [6.45, 7) is -5.25. The van der Waals surface area contributed by atoms with Crippen LogP contribution in [-0.2, 0) is 10.0 Å². The Labute approximate surface area is 145 Å². The molecule has 5 nitrogen and oxygen atoms in total. The topological polar surface area (TPSA) is 68.3 Å². The van der Waals surface area contributed by atoms with Gasteiger partial charge in [-0.3, -0.25) is 4.72 Å². The summed E-state index contributed by atoms with van der Waals surface area (Å²) in [5, 5.41) is 0. The van der Waals surface area contributed by atoms with Crippen LogP contribution in [0.5, 0.6) is 5.88 Å². The van der Waals surface area contributed by atoms with E-state index in [1.54, 1.807) is 0 Å². The molecule has 1 heterocycles. The zero-order valence-corrected chi connectivity index (χ0v) is 13.9. The number of halogens is 3. The predicted octanol–water partition coefficient (Wildman–Crippen LogP) is -2.48. The third-order valence-corrected chi connectivity index (χ3v) is 2.33. The van der Waals surface area contributed by atoms with Gasteiger partial charge in [0.1, 0.15) is 5.69 Å². The van der Waals surface area contributed by atoms with E-state index in [1.807, 2.05) is 4.72 Å². The maximum atomic E-state index is 12.4. The standard InChI is InChI=1S/C7H9BF3N2O3S.K/c1-16-7-6(13-17(2,14)15)3-5(4-12-7)8(9,10)11;/h3-4,13H,1-2H3;/q-1;+1. The van der Waals surface area contributed by atoms with Crippen LogP contribution < -0.4 is 66.3 Å². The summed E-state index contributed by atoms with van der Waals surface area (Å²) in [5.41, 5.74) is -1.34. The van der Waals surface area contributed by atoms with E-state index in [0.29, 0.717) is 12.3 Å². The Morgan fingerprint density at radius 2 is 1.94 bits per heavy atom. The summed E-state index contributed by atoms with van der Waals surface area (Å²) in [7, 11) is -2.53. The molecule has 0 aliphatic carbocycles. The van der Waals surface area contributed by atoms with Gasteiger partial charge in [-0.2, -0.15) is 0 Å². The molecular formula is C7H9BF3KN2O3S. The molecule has 96 valence electrons. The maximum absolute atomic E-state index is 12.4. The largest absolute Gasteiger partial charge is 1.00 e. The van der Waals surface area contributed by atoms with Crippen molar-refractivity contribution in [2.45, 2.75) is 0 Å². The van der Waals surface area contributed by atoms with Crippen molar-refractivity contribution < 1.29 is 77.5 Å². The van der Waals surface area contributed by atoms with Gasteiger partial charge in [-0.15, -0.1) is 0 Å². The number of hydrogen-bond acceptors (Lipinski definition) is 4. The van der Waals surface area contributed by atoms with Crippen molar-refractivity contribution in [2.75, 3.05) is 18.1 Å². The molecule has 0 aliphatic rings. The van der Waals surface area contributed by atoms with E-state index in [2.05, 4.69) is 9.72 Å². The fourth-order valence-electron chi connectivity index (χ4n) is 1.08. The SMILES string of the molecule is COc1ncc([B-](F)(F)F)cc1NS(C)(=O)=O.[K+]. The smallest absolute Gasteiger partial charge is 0.480 e. The van der Waals surface area contributed by atoms with Crippen LogP contribution >= 0.6 is 0 Å². The summed E-state index contributed by atoms with van der Waals surface area (Å²) in [6, 6.07) is 0.646. The molecule has 0 atom stereocenters. The van der Waals surface area contributed by atoms with Crippen LogP contribution in [0.2, 0.25) is 0 Å². The number of rotatable bonds is 4. The zero-order chi connectivity index (χ0) is 13.3. The van der Waals surface area contributed by atoms with Crippen molar-refractivity contribution in [1.29, 1.82) is 0 Å². The second-order valence-corrected chi connectivity index (χ2v) is 5.02. The minimum absolute atomic E-state index is 0. The molecule has 18 heavy (non-hydrogen) atoms. The monoisotopic (exact) mass is 308 g/mol. The van der Waals surface area contributed by atoms with Gasteiger partial charge >= 0.3 is 58.4 Å². The Hall–Kier alpha value is 0.191. The molecule has 0 spiro atoms. The van der Waals surface area contributed by atoms with E-state index >= 15 is 0 Å². The van der Waals surface area contributed by atoms with E-state index in [1.165, 1.54) is 7.11 Å². The van der Waals surface area contributed by atoms with Crippen LogP contribution in [0, 0.1) is 0 Å². The first-order chi connectivity index (χ1) is 7.63. The average Bonchev–Trinajstić information content (AvgIpc) is 2.13. The van der Waals surface area contributed by atoms with Crippen LogP contribution in [0.25, 0.3) is 0 Å². The number of nitrogens with one attached hydrogen (secondary N) is 1. The zero-order valence-electron chi connectivity index (χ0n) is 9.95. The fraction of sp³-hybridized carbons (Fsp3) is 0.286. The normalized spacial score (nSPS) is 11.6. The average molecular weight is 308 g/mol. The van der Waals surface area contributed by atoms with Crippen molar-refractivity contribution in [3.05, 3.63) is 12.3 Å². The first-order valence-electron chi connectivity index (χ1n) is 4.35. The maximum Gasteiger partial charge on any atom is 1.00 e. The van der Waals surface area contributed by atoms with Gasteiger partial charge in [-0.1, -0.05) is 11.5 Å². The molecule has 1 aromatic heterocycles. The van der Waals surface area contributed by atoms with Crippen molar-refractivity contribution >= 4 is 28.2 Å². The second kappa shape index (κ2) is 6.57. The number of anilines is 1. The molecule has 1 rings (SSSR count). The van der Waals surface area contributed by atoms with E-state index in [4.69, 9.17) is 0 Å². The van der Waals surface area contributed by atoms with Gasteiger partial charge in [-0.25, -0.2) is 13.4 Å². The summed E-state index contributed by atoms with van der Waals surface area (Å²) < 4.78 is 65.8. The van der Waals surface area contributed by atoms with Gasteiger partial charge in [0.25, 0.3) is 0 Å². The molecule has 1 aromatic rings. The molecule has 0 bridgehead atoms. The number of ether oxygens (including phenoxy) is 1. The molecule has 0 saturated heterocycles. The Morgan fingerprint density at radius 3 is 2.33 bits per heavy atom. The molecule has 11 heteroatoms. The molecule has 0 aromatic carbocycles. The van der Waals surface area contributed by atoms with Crippen molar-refractivity contribution in [2.24, 2.45) is 0 Å². The quantitative estimate of drug-likeness (QED) is 0.626. The van der Waals surface area contributed by atoms with Gasteiger partial charge in [0.15, 0.2) is 0 Å². The van der Waals surface area contributed by atoms with Crippen LogP contribution in [-0.4, -0.2) is 33.7 Å². The molecule has 0 unspecified atom stereocenters.